The van der Waals surface area contributed by atoms with E-state index >= 15 is 0 Å². The number of hydrazone groups is 1. The summed E-state index contributed by atoms with van der Waals surface area (Å²) in [6.45, 7) is 0. The number of hydrogen-bond donors (Lipinski definition) is 1. The van der Waals surface area contributed by atoms with Crippen molar-refractivity contribution in [2.75, 3.05) is 0 Å². The Morgan fingerprint density at radius 3 is 2.57 bits per heavy atom. The minimum atomic E-state index is -0.397. The van der Waals surface area contributed by atoms with Gasteiger partial charge in [-0.2, -0.15) is 5.10 Å². The fourth-order valence-electron chi connectivity index (χ4n) is 2.83. The highest BCUT2D eigenvalue weighted by atomic mass is 35.5. The van der Waals surface area contributed by atoms with Crippen LogP contribution in [0, 0.1) is 0 Å². The van der Waals surface area contributed by atoms with Crippen molar-refractivity contribution in [1.29, 1.82) is 0 Å². The van der Waals surface area contributed by atoms with Gasteiger partial charge in [-0.1, -0.05) is 71.7 Å². The fraction of sp³-hybridized carbons (Fsp3) is 0. The molecule has 0 saturated heterocycles. The van der Waals surface area contributed by atoms with Gasteiger partial charge < -0.3 is 4.42 Å². The minimum Gasteiger partial charge on any atom is -0.436 e. The maximum Gasteiger partial charge on any atom is 0.272 e. The molecule has 0 bridgehead atoms. The summed E-state index contributed by atoms with van der Waals surface area (Å²) in [6, 6.07) is 21.7. The molecule has 0 fully saturated rings. The van der Waals surface area contributed by atoms with E-state index in [-0.39, 0.29) is 0 Å². The lowest BCUT2D eigenvalue weighted by molar-refractivity contribution is 0.0955. The highest BCUT2D eigenvalue weighted by Gasteiger charge is 2.16. The van der Waals surface area contributed by atoms with Crippen molar-refractivity contribution < 1.29 is 9.21 Å². The molecule has 0 aliphatic carbocycles. The van der Waals surface area contributed by atoms with E-state index in [2.05, 4.69) is 15.5 Å². The Morgan fingerprint density at radius 1 is 1.00 bits per heavy atom. The SMILES string of the molecule is O=C(N/N=C\c1ccc(Cl)cc1Cl)c1ccccc1-c1ncc(-c2ccccc2)o1. The zero-order valence-corrected chi connectivity index (χ0v) is 17.1. The van der Waals surface area contributed by atoms with Crippen LogP contribution in [0.5, 0.6) is 0 Å². The molecule has 1 aromatic heterocycles. The Bertz CT molecular complexity index is 1220. The Kier molecular flexibility index (Phi) is 5.93. The van der Waals surface area contributed by atoms with Crippen LogP contribution in [-0.2, 0) is 0 Å². The first-order chi connectivity index (χ1) is 14.6. The van der Waals surface area contributed by atoms with E-state index in [4.69, 9.17) is 27.6 Å². The third kappa shape index (κ3) is 4.43. The van der Waals surface area contributed by atoms with E-state index in [1.165, 1.54) is 6.21 Å². The molecular weight excluding hydrogens is 421 g/mol. The first kappa shape index (κ1) is 19.9. The summed E-state index contributed by atoms with van der Waals surface area (Å²) in [5.74, 6) is 0.576. The number of nitrogens with zero attached hydrogens (tertiary/aromatic N) is 2. The standard InChI is InChI=1S/C23H15Cl2N3O2/c24-17-11-10-16(20(25)12-17)13-27-28-22(29)18-8-4-5-9-19(18)23-26-14-21(30-23)15-6-2-1-3-7-15/h1-14H,(H,28,29)/b27-13-. The van der Waals surface area contributed by atoms with Crippen LogP contribution in [0.3, 0.4) is 0 Å². The van der Waals surface area contributed by atoms with Gasteiger partial charge in [0.05, 0.1) is 23.0 Å². The number of oxazole rings is 1. The number of carbonyl (C=O) groups excluding carboxylic acids is 1. The van der Waals surface area contributed by atoms with Crippen molar-refractivity contribution >= 4 is 35.3 Å². The second-order valence-corrected chi connectivity index (χ2v) is 7.15. The van der Waals surface area contributed by atoms with Crippen LogP contribution in [0.2, 0.25) is 10.0 Å². The zero-order chi connectivity index (χ0) is 20.9. The van der Waals surface area contributed by atoms with Gasteiger partial charge in [0.25, 0.3) is 5.91 Å². The van der Waals surface area contributed by atoms with Crippen molar-refractivity contribution in [2.24, 2.45) is 5.10 Å². The van der Waals surface area contributed by atoms with E-state index in [0.29, 0.717) is 38.4 Å². The smallest absolute Gasteiger partial charge is 0.272 e. The predicted octanol–water partition coefficient (Wildman–Crippen LogP) is 6.08. The van der Waals surface area contributed by atoms with Crippen molar-refractivity contribution in [1.82, 2.24) is 10.4 Å². The molecule has 0 atom stereocenters. The molecule has 0 aliphatic rings. The minimum absolute atomic E-state index is 0.351. The first-order valence-corrected chi connectivity index (χ1v) is 9.76. The summed E-state index contributed by atoms with van der Waals surface area (Å²) in [7, 11) is 0. The fourth-order valence-corrected chi connectivity index (χ4v) is 3.29. The van der Waals surface area contributed by atoms with E-state index in [1.807, 2.05) is 36.4 Å². The van der Waals surface area contributed by atoms with Crippen LogP contribution in [0.4, 0.5) is 0 Å². The number of aromatic nitrogens is 1. The van der Waals surface area contributed by atoms with Crippen LogP contribution in [-0.4, -0.2) is 17.1 Å². The topological polar surface area (TPSA) is 67.5 Å². The lowest BCUT2D eigenvalue weighted by atomic mass is 10.1. The molecule has 0 saturated carbocycles. The van der Waals surface area contributed by atoms with Gasteiger partial charge in [0, 0.05) is 21.7 Å². The molecule has 0 spiro atoms. The average molecular weight is 436 g/mol. The van der Waals surface area contributed by atoms with Crippen molar-refractivity contribution in [3.8, 4) is 22.8 Å². The third-order valence-electron chi connectivity index (χ3n) is 4.30. The highest BCUT2D eigenvalue weighted by molar-refractivity contribution is 6.36. The molecule has 0 aliphatic heterocycles. The lowest BCUT2D eigenvalue weighted by Crippen LogP contribution is -2.18. The van der Waals surface area contributed by atoms with Crippen LogP contribution in [0.15, 0.2) is 88.5 Å². The molecule has 30 heavy (non-hydrogen) atoms. The van der Waals surface area contributed by atoms with Crippen LogP contribution < -0.4 is 5.43 Å². The molecule has 0 unspecified atom stereocenters. The monoisotopic (exact) mass is 435 g/mol. The summed E-state index contributed by atoms with van der Waals surface area (Å²) < 4.78 is 5.89. The molecule has 148 valence electrons. The lowest BCUT2D eigenvalue weighted by Gasteiger charge is -2.05. The zero-order valence-electron chi connectivity index (χ0n) is 15.5. The largest absolute Gasteiger partial charge is 0.436 e. The Morgan fingerprint density at radius 2 is 1.77 bits per heavy atom. The molecule has 4 rings (SSSR count). The summed E-state index contributed by atoms with van der Waals surface area (Å²) in [5.41, 5.74) is 5.00. The Labute approximate surface area is 183 Å². The van der Waals surface area contributed by atoms with Crippen LogP contribution in [0.25, 0.3) is 22.8 Å². The third-order valence-corrected chi connectivity index (χ3v) is 4.86. The van der Waals surface area contributed by atoms with Gasteiger partial charge in [-0.25, -0.2) is 10.4 Å². The normalized spacial score (nSPS) is 11.0. The molecule has 4 aromatic rings. The number of rotatable bonds is 5. The first-order valence-electron chi connectivity index (χ1n) is 9.01. The van der Waals surface area contributed by atoms with Crippen molar-refractivity contribution in [3.05, 3.63) is 100 Å². The second-order valence-electron chi connectivity index (χ2n) is 6.31. The maximum absolute atomic E-state index is 12.7. The summed E-state index contributed by atoms with van der Waals surface area (Å²) in [6.07, 6.45) is 3.10. The molecule has 1 amide bonds. The van der Waals surface area contributed by atoms with Gasteiger partial charge >= 0.3 is 0 Å². The molecule has 1 N–H and O–H groups in total. The highest BCUT2D eigenvalue weighted by Crippen LogP contribution is 2.28. The number of nitrogens with one attached hydrogen (secondary N) is 1. The van der Waals surface area contributed by atoms with Crippen LogP contribution >= 0.6 is 23.2 Å². The summed E-state index contributed by atoms with van der Waals surface area (Å²) >= 11 is 12.0. The number of amides is 1. The van der Waals surface area contributed by atoms with Crippen molar-refractivity contribution in [2.45, 2.75) is 0 Å². The van der Waals surface area contributed by atoms with Gasteiger partial charge in [-0.15, -0.1) is 0 Å². The van der Waals surface area contributed by atoms with Crippen molar-refractivity contribution in [3.63, 3.8) is 0 Å². The van der Waals surface area contributed by atoms with Gasteiger partial charge in [0.15, 0.2) is 5.76 Å². The average Bonchev–Trinajstić information content (AvgIpc) is 3.26. The summed E-state index contributed by atoms with van der Waals surface area (Å²) in [5, 5.41) is 4.96. The van der Waals surface area contributed by atoms with Gasteiger partial charge in [0.1, 0.15) is 0 Å². The molecular formula is C23H15Cl2N3O2. The molecule has 3 aromatic carbocycles. The number of halogens is 2. The maximum atomic E-state index is 12.7. The van der Waals surface area contributed by atoms with E-state index in [0.717, 1.165) is 5.56 Å². The number of benzene rings is 3. The molecule has 1 heterocycles. The van der Waals surface area contributed by atoms with E-state index in [9.17, 15) is 4.79 Å². The van der Waals surface area contributed by atoms with Gasteiger partial charge in [-0.05, 0) is 24.3 Å². The number of carbonyl (C=O) groups is 1. The Balaban J connectivity index is 1.55. The van der Waals surface area contributed by atoms with E-state index in [1.54, 1.807) is 42.6 Å². The van der Waals surface area contributed by atoms with Gasteiger partial charge in [0.2, 0.25) is 5.89 Å². The summed E-state index contributed by atoms with van der Waals surface area (Å²) in [4.78, 5) is 17.0. The van der Waals surface area contributed by atoms with Crippen LogP contribution in [0.1, 0.15) is 15.9 Å². The second kappa shape index (κ2) is 8.95. The molecule has 5 nitrogen and oxygen atoms in total. The van der Waals surface area contributed by atoms with E-state index < -0.39 is 5.91 Å². The predicted molar refractivity (Wildman–Crippen MR) is 119 cm³/mol. The quantitative estimate of drug-likeness (QED) is 0.305. The van der Waals surface area contributed by atoms with Gasteiger partial charge in [-0.3, -0.25) is 4.79 Å². The molecule has 7 heteroatoms. The Hall–Kier alpha value is -3.41. The molecule has 0 radical (unpaired) electrons. The number of hydrogen-bond acceptors (Lipinski definition) is 4.